The van der Waals surface area contributed by atoms with E-state index >= 15 is 0 Å². The molecule has 0 bridgehead atoms. The predicted molar refractivity (Wildman–Crippen MR) is 110 cm³/mol. The van der Waals surface area contributed by atoms with Crippen LogP contribution < -0.4 is 5.32 Å². The molecule has 1 saturated carbocycles. The Balaban J connectivity index is 2.06. The maximum atomic E-state index is 12.8. The van der Waals surface area contributed by atoms with E-state index in [0.717, 1.165) is 29.3 Å². The first-order chi connectivity index (χ1) is 13.0. The van der Waals surface area contributed by atoms with Crippen molar-refractivity contribution in [2.45, 2.75) is 71.5 Å². The van der Waals surface area contributed by atoms with E-state index in [1.165, 1.54) is 12.8 Å². The number of halogens is 1. The number of hydrogen-bond donors (Lipinski definition) is 2. The second-order valence-corrected chi connectivity index (χ2v) is 8.12. The summed E-state index contributed by atoms with van der Waals surface area (Å²) < 4.78 is 6.93. The largest absolute Gasteiger partial charge is 0.481 e. The van der Waals surface area contributed by atoms with Crippen molar-refractivity contribution in [3.8, 4) is 0 Å². The summed E-state index contributed by atoms with van der Waals surface area (Å²) in [6, 6.07) is 5.62. The molecule has 150 valence electrons. The van der Waals surface area contributed by atoms with Gasteiger partial charge in [-0.2, -0.15) is 0 Å². The molecule has 1 aromatic carbocycles. The highest BCUT2D eigenvalue weighted by Crippen LogP contribution is 2.28. The second kappa shape index (κ2) is 10.8. The molecule has 1 aromatic rings. The smallest absolute Gasteiger partial charge is 0.307 e. The van der Waals surface area contributed by atoms with Gasteiger partial charge in [-0.05, 0) is 49.4 Å². The summed E-state index contributed by atoms with van der Waals surface area (Å²) >= 11 is 3.54. The summed E-state index contributed by atoms with van der Waals surface area (Å²) in [4.78, 5) is 24.3. The summed E-state index contributed by atoms with van der Waals surface area (Å²) in [5, 5.41) is 12.4. The number of ether oxygens (including phenoxy) is 1. The molecule has 0 aromatic heterocycles. The molecule has 2 atom stereocenters. The van der Waals surface area contributed by atoms with Crippen LogP contribution in [0.4, 0.5) is 5.69 Å². The minimum absolute atomic E-state index is 0.226. The number of rotatable bonds is 10. The minimum atomic E-state index is -0.910. The van der Waals surface area contributed by atoms with Crippen LogP contribution in [0.5, 0.6) is 0 Å². The number of hydrogen-bond acceptors (Lipinski definition) is 3. The van der Waals surface area contributed by atoms with Crippen molar-refractivity contribution in [3.05, 3.63) is 28.2 Å². The molecular formula is C21H30BrNO4. The Labute approximate surface area is 170 Å². The van der Waals surface area contributed by atoms with E-state index in [4.69, 9.17) is 4.74 Å². The molecule has 6 heteroatoms. The molecule has 2 N–H and O–H groups in total. The van der Waals surface area contributed by atoms with Gasteiger partial charge in [0.2, 0.25) is 5.91 Å². The van der Waals surface area contributed by atoms with Gasteiger partial charge in [0.1, 0.15) is 0 Å². The molecule has 1 fully saturated rings. The van der Waals surface area contributed by atoms with Crippen LogP contribution in [0.15, 0.2) is 22.7 Å². The number of aliphatic carboxylic acids is 1. The van der Waals surface area contributed by atoms with Gasteiger partial charge in [-0.15, -0.1) is 0 Å². The van der Waals surface area contributed by atoms with Crippen molar-refractivity contribution in [3.63, 3.8) is 0 Å². The van der Waals surface area contributed by atoms with Crippen LogP contribution >= 0.6 is 15.9 Å². The molecule has 1 aliphatic carbocycles. The molecular weight excluding hydrogens is 410 g/mol. The van der Waals surface area contributed by atoms with E-state index in [1.54, 1.807) is 0 Å². The van der Waals surface area contributed by atoms with Crippen molar-refractivity contribution in [2.75, 3.05) is 5.32 Å². The molecule has 2 rings (SSSR count). The summed E-state index contributed by atoms with van der Waals surface area (Å²) in [5.74, 6) is -2.33. The van der Waals surface area contributed by atoms with Gasteiger partial charge in [0.25, 0.3) is 0 Å². The van der Waals surface area contributed by atoms with Crippen LogP contribution in [0, 0.1) is 11.8 Å². The number of carbonyl (C=O) groups is 2. The number of carboxylic acid groups (broad SMARTS) is 1. The predicted octanol–water partition coefficient (Wildman–Crippen LogP) is 5.37. The lowest BCUT2D eigenvalue weighted by atomic mass is 9.85. The monoisotopic (exact) mass is 439 g/mol. The van der Waals surface area contributed by atoms with Gasteiger partial charge in [-0.1, -0.05) is 49.0 Å². The van der Waals surface area contributed by atoms with E-state index < -0.39 is 17.8 Å². The third-order valence-electron chi connectivity index (χ3n) is 5.27. The van der Waals surface area contributed by atoms with Gasteiger partial charge in [0.05, 0.1) is 24.5 Å². The number of benzene rings is 1. The zero-order valence-electron chi connectivity index (χ0n) is 16.2. The molecule has 1 amide bonds. The molecule has 5 nitrogen and oxygen atoms in total. The molecule has 0 radical (unpaired) electrons. The number of amides is 1. The van der Waals surface area contributed by atoms with Gasteiger partial charge < -0.3 is 15.2 Å². The Morgan fingerprint density at radius 3 is 2.56 bits per heavy atom. The summed E-state index contributed by atoms with van der Waals surface area (Å²) in [6.45, 7) is 4.28. The number of carbonyl (C=O) groups excluding carboxylic acids is 1. The second-order valence-electron chi connectivity index (χ2n) is 7.26. The Bertz CT molecular complexity index is 643. The summed E-state index contributed by atoms with van der Waals surface area (Å²) in [6.07, 6.45) is 6.76. The summed E-state index contributed by atoms with van der Waals surface area (Å²) in [5.41, 5.74) is 1.66. The highest BCUT2D eigenvalue weighted by molar-refractivity contribution is 9.10. The van der Waals surface area contributed by atoms with Gasteiger partial charge in [-0.3, -0.25) is 9.59 Å². The molecule has 27 heavy (non-hydrogen) atoms. The van der Waals surface area contributed by atoms with Gasteiger partial charge in [0.15, 0.2) is 0 Å². The Hall–Kier alpha value is -1.40. The first-order valence-corrected chi connectivity index (χ1v) is 10.7. The lowest BCUT2D eigenvalue weighted by Crippen LogP contribution is -2.33. The van der Waals surface area contributed by atoms with Crippen LogP contribution in [0.1, 0.15) is 64.4 Å². The fourth-order valence-corrected chi connectivity index (χ4v) is 4.08. The van der Waals surface area contributed by atoms with Crippen molar-refractivity contribution >= 4 is 33.5 Å². The molecule has 0 saturated heterocycles. The standard InChI is InChI=1S/C21H30BrNO4/c1-3-7-18(17(4-2)21(25)26)20(24)23-15-10-11-19(22)14(12-15)13-27-16-8-5-6-9-16/h10-12,16-18H,3-9,13H2,1-2H3,(H,23,24)(H,25,26). The fraction of sp³-hybridized carbons (Fsp3) is 0.619. The minimum Gasteiger partial charge on any atom is -0.481 e. The maximum Gasteiger partial charge on any atom is 0.307 e. The number of anilines is 1. The van der Waals surface area contributed by atoms with Crippen molar-refractivity contribution in [1.29, 1.82) is 0 Å². The van der Waals surface area contributed by atoms with E-state index in [-0.39, 0.29) is 5.91 Å². The van der Waals surface area contributed by atoms with Gasteiger partial charge in [-0.25, -0.2) is 0 Å². The van der Waals surface area contributed by atoms with Crippen LogP contribution in [0.25, 0.3) is 0 Å². The Kier molecular flexibility index (Phi) is 8.77. The van der Waals surface area contributed by atoms with Gasteiger partial charge >= 0.3 is 5.97 Å². The highest BCUT2D eigenvalue weighted by Gasteiger charge is 2.31. The third kappa shape index (κ3) is 6.32. The fourth-order valence-electron chi connectivity index (χ4n) is 3.72. The van der Waals surface area contributed by atoms with Crippen LogP contribution in [0.2, 0.25) is 0 Å². The van der Waals surface area contributed by atoms with Crippen molar-refractivity contribution in [2.24, 2.45) is 11.8 Å². The SMILES string of the molecule is CCCC(C(=O)Nc1ccc(Br)c(COC2CCCC2)c1)C(CC)C(=O)O. The highest BCUT2D eigenvalue weighted by atomic mass is 79.9. The van der Waals surface area contributed by atoms with E-state index in [9.17, 15) is 14.7 Å². The molecule has 0 aliphatic heterocycles. The lowest BCUT2D eigenvalue weighted by Gasteiger charge is -2.22. The molecule has 0 heterocycles. The Morgan fingerprint density at radius 2 is 1.96 bits per heavy atom. The average molecular weight is 440 g/mol. The normalized spacial score (nSPS) is 16.9. The average Bonchev–Trinajstić information content (AvgIpc) is 3.15. The van der Waals surface area contributed by atoms with Crippen LogP contribution in [0.3, 0.4) is 0 Å². The van der Waals surface area contributed by atoms with Gasteiger partial charge in [0, 0.05) is 10.2 Å². The number of carboxylic acids is 1. The topological polar surface area (TPSA) is 75.6 Å². The maximum absolute atomic E-state index is 12.8. The lowest BCUT2D eigenvalue weighted by molar-refractivity contribution is -0.146. The molecule has 2 unspecified atom stereocenters. The molecule has 0 spiro atoms. The van der Waals surface area contributed by atoms with Crippen molar-refractivity contribution < 1.29 is 19.4 Å². The van der Waals surface area contributed by atoms with E-state index in [1.807, 2.05) is 32.0 Å². The quantitative estimate of drug-likeness (QED) is 0.513. The third-order valence-corrected chi connectivity index (χ3v) is 6.04. The molecule has 1 aliphatic rings. The summed E-state index contributed by atoms with van der Waals surface area (Å²) in [7, 11) is 0. The number of nitrogens with one attached hydrogen (secondary N) is 1. The van der Waals surface area contributed by atoms with Crippen LogP contribution in [-0.2, 0) is 20.9 Å². The van der Waals surface area contributed by atoms with Crippen molar-refractivity contribution in [1.82, 2.24) is 0 Å². The zero-order chi connectivity index (χ0) is 19.8. The zero-order valence-corrected chi connectivity index (χ0v) is 17.8. The van der Waals surface area contributed by atoms with E-state index in [2.05, 4.69) is 21.2 Å². The first-order valence-electron chi connectivity index (χ1n) is 9.89. The van der Waals surface area contributed by atoms with Crippen LogP contribution in [-0.4, -0.2) is 23.1 Å². The van der Waals surface area contributed by atoms with E-state index in [0.29, 0.717) is 31.2 Å². The Morgan fingerprint density at radius 1 is 1.26 bits per heavy atom. The first kappa shape index (κ1) is 21.9.